The van der Waals surface area contributed by atoms with E-state index in [9.17, 15) is 4.79 Å². The number of nitrogens with two attached hydrogens (primary N) is 1. The summed E-state index contributed by atoms with van der Waals surface area (Å²) in [6.07, 6.45) is 1.63. The molecule has 0 atom stereocenters. The summed E-state index contributed by atoms with van der Waals surface area (Å²) in [6.45, 7) is 0.775. The fourth-order valence-electron chi connectivity index (χ4n) is 1.13. The quantitative estimate of drug-likeness (QED) is 0.799. The molecule has 0 spiro atoms. The standard InChI is InChI=1S/C9H12ClN3O/c1-13(6-9(11)14)5-8-4-7(10)2-3-12-8/h2-4H,5-6H2,1H3,(H2,11,14). The fourth-order valence-corrected chi connectivity index (χ4v) is 1.32. The van der Waals surface area contributed by atoms with E-state index in [-0.39, 0.29) is 12.5 Å². The Kier molecular flexibility index (Phi) is 3.85. The van der Waals surface area contributed by atoms with Gasteiger partial charge in [-0.3, -0.25) is 14.7 Å². The van der Waals surface area contributed by atoms with Crippen molar-refractivity contribution in [3.05, 3.63) is 29.0 Å². The van der Waals surface area contributed by atoms with Gasteiger partial charge in [0.05, 0.1) is 12.2 Å². The molecule has 76 valence electrons. The third kappa shape index (κ3) is 3.72. The van der Waals surface area contributed by atoms with Crippen LogP contribution in [-0.4, -0.2) is 29.4 Å². The molecule has 0 aliphatic carbocycles. The molecule has 1 heterocycles. The molecule has 14 heavy (non-hydrogen) atoms. The highest BCUT2D eigenvalue weighted by Crippen LogP contribution is 2.08. The Labute approximate surface area is 87.7 Å². The predicted molar refractivity (Wildman–Crippen MR) is 54.8 cm³/mol. The second-order valence-corrected chi connectivity index (χ2v) is 3.54. The van der Waals surface area contributed by atoms with Crippen molar-refractivity contribution in [3.63, 3.8) is 0 Å². The van der Waals surface area contributed by atoms with Gasteiger partial charge in [-0.15, -0.1) is 0 Å². The Morgan fingerprint density at radius 1 is 1.71 bits per heavy atom. The average Bonchev–Trinajstić information content (AvgIpc) is 2.01. The summed E-state index contributed by atoms with van der Waals surface area (Å²) in [5, 5.41) is 0.641. The van der Waals surface area contributed by atoms with E-state index in [0.717, 1.165) is 5.69 Å². The molecule has 0 bridgehead atoms. The predicted octanol–water partition coefficient (Wildman–Crippen LogP) is 0.652. The molecular formula is C9H12ClN3O. The molecule has 5 heteroatoms. The van der Waals surface area contributed by atoms with Crippen LogP contribution in [0.25, 0.3) is 0 Å². The van der Waals surface area contributed by atoms with E-state index in [2.05, 4.69) is 4.98 Å². The first-order valence-electron chi connectivity index (χ1n) is 4.15. The van der Waals surface area contributed by atoms with Crippen LogP contribution >= 0.6 is 11.6 Å². The van der Waals surface area contributed by atoms with E-state index < -0.39 is 0 Å². The van der Waals surface area contributed by atoms with Crippen molar-refractivity contribution in [3.8, 4) is 0 Å². The minimum Gasteiger partial charge on any atom is -0.369 e. The zero-order valence-electron chi connectivity index (χ0n) is 7.90. The monoisotopic (exact) mass is 213 g/mol. The lowest BCUT2D eigenvalue weighted by Crippen LogP contribution is -2.30. The number of carbonyl (C=O) groups excluding carboxylic acids is 1. The van der Waals surface area contributed by atoms with Gasteiger partial charge in [-0.25, -0.2) is 0 Å². The van der Waals surface area contributed by atoms with Gasteiger partial charge in [0.25, 0.3) is 0 Å². The maximum Gasteiger partial charge on any atom is 0.231 e. The van der Waals surface area contributed by atoms with Crippen LogP contribution in [0.1, 0.15) is 5.69 Å². The fraction of sp³-hybridized carbons (Fsp3) is 0.333. The molecule has 1 amide bonds. The van der Waals surface area contributed by atoms with Crippen molar-refractivity contribution in [1.82, 2.24) is 9.88 Å². The third-order valence-electron chi connectivity index (χ3n) is 1.64. The molecule has 1 aromatic rings. The molecule has 2 N–H and O–H groups in total. The lowest BCUT2D eigenvalue weighted by molar-refractivity contribution is -0.118. The summed E-state index contributed by atoms with van der Waals surface area (Å²) in [5.74, 6) is -0.352. The number of nitrogens with zero attached hydrogens (tertiary/aromatic N) is 2. The lowest BCUT2D eigenvalue weighted by Gasteiger charge is -2.13. The number of hydrogen-bond acceptors (Lipinski definition) is 3. The highest BCUT2D eigenvalue weighted by Gasteiger charge is 2.04. The van der Waals surface area contributed by atoms with Crippen molar-refractivity contribution in [1.29, 1.82) is 0 Å². The van der Waals surface area contributed by atoms with Crippen LogP contribution < -0.4 is 5.73 Å². The Hall–Kier alpha value is -1.13. The topological polar surface area (TPSA) is 59.2 Å². The number of amides is 1. The van der Waals surface area contributed by atoms with Crippen LogP contribution in [0.15, 0.2) is 18.3 Å². The van der Waals surface area contributed by atoms with E-state index in [1.807, 2.05) is 0 Å². The van der Waals surface area contributed by atoms with Gasteiger partial charge >= 0.3 is 0 Å². The first-order chi connectivity index (χ1) is 6.58. The lowest BCUT2D eigenvalue weighted by atomic mass is 10.3. The van der Waals surface area contributed by atoms with Gasteiger partial charge in [0.15, 0.2) is 0 Å². The maximum atomic E-state index is 10.6. The molecule has 4 nitrogen and oxygen atoms in total. The summed E-state index contributed by atoms with van der Waals surface area (Å²) in [6, 6.07) is 3.47. The van der Waals surface area contributed by atoms with Crippen molar-refractivity contribution < 1.29 is 4.79 Å². The van der Waals surface area contributed by atoms with E-state index in [0.29, 0.717) is 11.6 Å². The molecule has 1 rings (SSSR count). The smallest absolute Gasteiger partial charge is 0.231 e. The van der Waals surface area contributed by atoms with Crippen molar-refractivity contribution in [2.75, 3.05) is 13.6 Å². The Morgan fingerprint density at radius 2 is 2.43 bits per heavy atom. The molecule has 0 fully saturated rings. The van der Waals surface area contributed by atoms with Gasteiger partial charge in [0.1, 0.15) is 0 Å². The molecule has 1 aromatic heterocycles. The molecule has 0 aliphatic rings. The minimum absolute atomic E-state index is 0.216. The van der Waals surface area contributed by atoms with Crippen LogP contribution in [0.2, 0.25) is 5.02 Å². The Morgan fingerprint density at radius 3 is 3.00 bits per heavy atom. The maximum absolute atomic E-state index is 10.6. The number of hydrogen-bond donors (Lipinski definition) is 1. The summed E-state index contributed by atoms with van der Waals surface area (Å²) in [4.78, 5) is 16.5. The molecule has 0 saturated carbocycles. The van der Waals surface area contributed by atoms with Crippen LogP contribution in [-0.2, 0) is 11.3 Å². The largest absolute Gasteiger partial charge is 0.369 e. The third-order valence-corrected chi connectivity index (χ3v) is 1.87. The first-order valence-corrected chi connectivity index (χ1v) is 4.53. The highest BCUT2D eigenvalue weighted by molar-refractivity contribution is 6.30. The zero-order valence-corrected chi connectivity index (χ0v) is 8.66. The van der Waals surface area contributed by atoms with Gasteiger partial charge in [-0.2, -0.15) is 0 Å². The van der Waals surface area contributed by atoms with Crippen LogP contribution in [0.4, 0.5) is 0 Å². The van der Waals surface area contributed by atoms with E-state index in [1.54, 1.807) is 30.3 Å². The molecule has 0 aromatic carbocycles. The molecule has 0 aliphatic heterocycles. The van der Waals surface area contributed by atoms with Gasteiger partial charge in [0.2, 0.25) is 5.91 Å². The Bertz CT molecular complexity index is 330. The van der Waals surface area contributed by atoms with Gasteiger partial charge < -0.3 is 5.73 Å². The number of halogens is 1. The van der Waals surface area contributed by atoms with Crippen molar-refractivity contribution >= 4 is 17.5 Å². The van der Waals surface area contributed by atoms with Gasteiger partial charge in [0, 0.05) is 17.8 Å². The summed E-state index contributed by atoms with van der Waals surface area (Å²) >= 11 is 5.78. The molecule has 0 radical (unpaired) electrons. The van der Waals surface area contributed by atoms with E-state index in [1.165, 1.54) is 0 Å². The van der Waals surface area contributed by atoms with Crippen LogP contribution in [0.5, 0.6) is 0 Å². The van der Waals surface area contributed by atoms with Gasteiger partial charge in [-0.05, 0) is 19.2 Å². The number of likely N-dealkylation sites (N-methyl/N-ethyl adjacent to an activating group) is 1. The van der Waals surface area contributed by atoms with Crippen LogP contribution in [0, 0.1) is 0 Å². The Balaban J connectivity index is 2.55. The van der Waals surface area contributed by atoms with Crippen LogP contribution in [0.3, 0.4) is 0 Å². The number of aromatic nitrogens is 1. The second kappa shape index (κ2) is 4.93. The highest BCUT2D eigenvalue weighted by atomic mass is 35.5. The number of primary amides is 1. The number of rotatable bonds is 4. The molecule has 0 unspecified atom stereocenters. The zero-order chi connectivity index (χ0) is 10.6. The summed E-state index contributed by atoms with van der Waals surface area (Å²) in [5.41, 5.74) is 5.87. The summed E-state index contributed by atoms with van der Waals surface area (Å²) < 4.78 is 0. The number of carbonyl (C=O) groups is 1. The normalized spacial score (nSPS) is 10.5. The van der Waals surface area contributed by atoms with E-state index in [4.69, 9.17) is 17.3 Å². The number of pyridine rings is 1. The second-order valence-electron chi connectivity index (χ2n) is 3.10. The van der Waals surface area contributed by atoms with Gasteiger partial charge in [-0.1, -0.05) is 11.6 Å². The molecular weight excluding hydrogens is 202 g/mol. The molecule has 0 saturated heterocycles. The van der Waals surface area contributed by atoms with Crippen molar-refractivity contribution in [2.45, 2.75) is 6.54 Å². The first kappa shape index (κ1) is 10.9. The van der Waals surface area contributed by atoms with E-state index >= 15 is 0 Å². The average molecular weight is 214 g/mol. The van der Waals surface area contributed by atoms with Crippen molar-refractivity contribution in [2.24, 2.45) is 5.73 Å². The SMILES string of the molecule is CN(CC(N)=O)Cc1cc(Cl)ccn1. The minimum atomic E-state index is -0.352. The summed E-state index contributed by atoms with van der Waals surface area (Å²) in [7, 11) is 1.80.